The number of hydrogen-bond donors (Lipinski definition) is 2. The average molecular weight is 298 g/mol. The van der Waals surface area contributed by atoms with Crippen LogP contribution in [0.4, 0.5) is 5.69 Å². The van der Waals surface area contributed by atoms with E-state index in [1.807, 2.05) is 0 Å². The van der Waals surface area contributed by atoms with Gasteiger partial charge in [0.1, 0.15) is 4.90 Å². The summed E-state index contributed by atoms with van der Waals surface area (Å²) in [6.07, 6.45) is 1.70. The number of piperidine rings is 1. The van der Waals surface area contributed by atoms with Crippen molar-refractivity contribution in [1.82, 2.24) is 9.21 Å². The molecule has 0 aliphatic carbocycles. The molecule has 20 heavy (non-hydrogen) atoms. The number of anilines is 1. The number of benzene rings is 1. The number of hydrogen-bond acceptors (Lipinski definition) is 5. The van der Waals surface area contributed by atoms with Gasteiger partial charge in [-0.3, -0.25) is 5.84 Å². The van der Waals surface area contributed by atoms with Crippen LogP contribution in [0.15, 0.2) is 29.2 Å². The standard InChI is InChI=1S/C13H22N4O2S/c1-16-9-7-11(8-10-16)17(2)20(18,19)13-6-4-3-5-12(13)15-14/h3-6,11,15H,7-10,14H2,1-2H3. The van der Waals surface area contributed by atoms with Crippen molar-refractivity contribution in [2.45, 2.75) is 23.8 Å². The molecule has 1 aliphatic heterocycles. The molecule has 6 nitrogen and oxygen atoms in total. The molecule has 3 N–H and O–H groups in total. The molecule has 1 fully saturated rings. The Morgan fingerprint density at radius 2 is 1.90 bits per heavy atom. The first kappa shape index (κ1) is 15.2. The van der Waals surface area contributed by atoms with Crippen LogP contribution in [-0.2, 0) is 10.0 Å². The SMILES string of the molecule is CN1CCC(N(C)S(=O)(=O)c2ccccc2NN)CC1. The van der Waals surface area contributed by atoms with Crippen molar-refractivity contribution in [3.8, 4) is 0 Å². The normalized spacial score (nSPS) is 18.4. The minimum absolute atomic E-state index is 0.0435. The molecule has 0 bridgehead atoms. The molecule has 0 amide bonds. The average Bonchev–Trinajstić information content (AvgIpc) is 2.47. The van der Waals surface area contributed by atoms with Crippen LogP contribution < -0.4 is 11.3 Å². The molecular weight excluding hydrogens is 276 g/mol. The highest BCUT2D eigenvalue weighted by atomic mass is 32.2. The summed E-state index contributed by atoms with van der Waals surface area (Å²) in [5.74, 6) is 5.40. The number of nitrogens with one attached hydrogen (secondary N) is 1. The molecule has 1 aliphatic rings. The minimum Gasteiger partial charge on any atom is -0.323 e. The van der Waals surface area contributed by atoms with Gasteiger partial charge in [0.2, 0.25) is 10.0 Å². The Morgan fingerprint density at radius 1 is 1.30 bits per heavy atom. The van der Waals surface area contributed by atoms with Gasteiger partial charge in [-0.2, -0.15) is 4.31 Å². The van der Waals surface area contributed by atoms with Gasteiger partial charge in [0.15, 0.2) is 0 Å². The first-order valence-corrected chi connectivity index (χ1v) is 8.13. The van der Waals surface area contributed by atoms with Crippen LogP contribution in [-0.4, -0.2) is 50.8 Å². The van der Waals surface area contributed by atoms with Gasteiger partial charge in [-0.15, -0.1) is 0 Å². The van der Waals surface area contributed by atoms with Crippen LogP contribution in [0.3, 0.4) is 0 Å². The van der Waals surface area contributed by atoms with E-state index in [2.05, 4.69) is 17.4 Å². The Labute approximate surface area is 120 Å². The summed E-state index contributed by atoms with van der Waals surface area (Å²) in [6.45, 7) is 1.84. The Bertz CT molecular complexity index is 553. The Kier molecular flexibility index (Phi) is 4.64. The maximum atomic E-state index is 12.7. The van der Waals surface area contributed by atoms with Gasteiger partial charge in [0.25, 0.3) is 0 Å². The molecule has 0 atom stereocenters. The van der Waals surface area contributed by atoms with E-state index < -0.39 is 10.0 Å². The lowest BCUT2D eigenvalue weighted by Crippen LogP contribution is -2.44. The molecule has 0 saturated carbocycles. The third-order valence-corrected chi connectivity index (χ3v) is 5.87. The number of likely N-dealkylation sites (tertiary alicyclic amines) is 1. The maximum absolute atomic E-state index is 12.7. The number of nitrogens with zero attached hydrogens (tertiary/aromatic N) is 2. The van der Waals surface area contributed by atoms with Crippen LogP contribution >= 0.6 is 0 Å². The van der Waals surface area contributed by atoms with Crippen molar-refractivity contribution in [3.63, 3.8) is 0 Å². The van der Waals surface area contributed by atoms with Gasteiger partial charge in [-0.1, -0.05) is 12.1 Å². The van der Waals surface area contributed by atoms with Crippen LogP contribution in [0.1, 0.15) is 12.8 Å². The summed E-state index contributed by atoms with van der Waals surface area (Å²) in [6, 6.07) is 6.74. The van der Waals surface area contributed by atoms with Gasteiger partial charge >= 0.3 is 0 Å². The number of nitrogen functional groups attached to an aromatic ring is 1. The van der Waals surface area contributed by atoms with E-state index in [0.717, 1.165) is 25.9 Å². The number of rotatable bonds is 4. The zero-order chi connectivity index (χ0) is 14.8. The summed E-state index contributed by atoms with van der Waals surface area (Å²) < 4.78 is 26.9. The van der Waals surface area contributed by atoms with Crippen LogP contribution in [0.2, 0.25) is 0 Å². The molecule has 0 radical (unpaired) electrons. The van der Waals surface area contributed by atoms with E-state index in [9.17, 15) is 8.42 Å². The Hall–Kier alpha value is -1.15. The van der Waals surface area contributed by atoms with E-state index >= 15 is 0 Å². The first-order valence-electron chi connectivity index (χ1n) is 6.69. The fraction of sp³-hybridized carbons (Fsp3) is 0.538. The quantitative estimate of drug-likeness (QED) is 0.631. The third kappa shape index (κ3) is 2.95. The Balaban J connectivity index is 2.25. The number of sulfonamides is 1. The Morgan fingerprint density at radius 3 is 2.50 bits per heavy atom. The largest absolute Gasteiger partial charge is 0.323 e. The molecule has 0 unspecified atom stereocenters. The maximum Gasteiger partial charge on any atom is 0.245 e. The molecular formula is C13H22N4O2S. The minimum atomic E-state index is -3.53. The fourth-order valence-corrected chi connectivity index (χ4v) is 4.09. The molecule has 112 valence electrons. The highest BCUT2D eigenvalue weighted by molar-refractivity contribution is 7.89. The fourth-order valence-electron chi connectivity index (χ4n) is 2.52. The third-order valence-electron chi connectivity index (χ3n) is 3.90. The molecule has 0 aromatic heterocycles. The van der Waals surface area contributed by atoms with Crippen molar-refractivity contribution in [2.24, 2.45) is 5.84 Å². The monoisotopic (exact) mass is 298 g/mol. The second kappa shape index (κ2) is 6.09. The highest BCUT2D eigenvalue weighted by Crippen LogP contribution is 2.26. The molecule has 7 heteroatoms. The van der Waals surface area contributed by atoms with Crippen molar-refractivity contribution >= 4 is 15.7 Å². The molecule has 1 heterocycles. The lowest BCUT2D eigenvalue weighted by atomic mass is 10.1. The van der Waals surface area contributed by atoms with E-state index in [1.165, 1.54) is 4.31 Å². The predicted octanol–water partition coefficient (Wildman–Crippen LogP) is 0.687. The van der Waals surface area contributed by atoms with Gasteiger partial charge in [-0.05, 0) is 45.1 Å². The van der Waals surface area contributed by atoms with Crippen molar-refractivity contribution in [1.29, 1.82) is 0 Å². The summed E-state index contributed by atoms with van der Waals surface area (Å²) in [7, 11) is 0.179. The van der Waals surface area contributed by atoms with Gasteiger partial charge < -0.3 is 10.3 Å². The lowest BCUT2D eigenvalue weighted by molar-refractivity contribution is 0.197. The highest BCUT2D eigenvalue weighted by Gasteiger charge is 2.31. The van der Waals surface area contributed by atoms with Gasteiger partial charge in [0, 0.05) is 13.1 Å². The van der Waals surface area contributed by atoms with Crippen molar-refractivity contribution in [3.05, 3.63) is 24.3 Å². The van der Waals surface area contributed by atoms with Crippen molar-refractivity contribution < 1.29 is 8.42 Å². The lowest BCUT2D eigenvalue weighted by Gasteiger charge is -2.34. The smallest absolute Gasteiger partial charge is 0.245 e. The van der Waals surface area contributed by atoms with Crippen molar-refractivity contribution in [2.75, 3.05) is 32.6 Å². The molecule has 2 rings (SSSR count). The van der Waals surface area contributed by atoms with Gasteiger partial charge in [-0.25, -0.2) is 8.42 Å². The zero-order valence-electron chi connectivity index (χ0n) is 11.9. The molecule has 1 aromatic carbocycles. The number of para-hydroxylation sites is 1. The van der Waals surface area contributed by atoms with Gasteiger partial charge in [0.05, 0.1) is 5.69 Å². The van der Waals surface area contributed by atoms with E-state index in [0.29, 0.717) is 5.69 Å². The molecule has 0 spiro atoms. The summed E-state index contributed by atoms with van der Waals surface area (Å²) in [4.78, 5) is 2.44. The van der Waals surface area contributed by atoms with Crippen LogP contribution in [0, 0.1) is 0 Å². The number of hydrazine groups is 1. The first-order chi connectivity index (χ1) is 9.46. The molecule has 1 aromatic rings. The van der Waals surface area contributed by atoms with E-state index in [4.69, 9.17) is 5.84 Å². The second-order valence-electron chi connectivity index (χ2n) is 5.20. The van der Waals surface area contributed by atoms with E-state index in [1.54, 1.807) is 31.3 Å². The summed E-state index contributed by atoms with van der Waals surface area (Å²) in [5.41, 5.74) is 2.88. The number of nitrogens with two attached hydrogens (primary N) is 1. The van der Waals surface area contributed by atoms with Crippen LogP contribution in [0.5, 0.6) is 0 Å². The zero-order valence-corrected chi connectivity index (χ0v) is 12.7. The predicted molar refractivity (Wildman–Crippen MR) is 79.7 cm³/mol. The summed E-state index contributed by atoms with van der Waals surface area (Å²) in [5, 5.41) is 0. The second-order valence-corrected chi connectivity index (χ2v) is 7.16. The molecule has 1 saturated heterocycles. The summed E-state index contributed by atoms with van der Waals surface area (Å²) >= 11 is 0. The van der Waals surface area contributed by atoms with Crippen LogP contribution in [0.25, 0.3) is 0 Å². The van der Waals surface area contributed by atoms with E-state index in [-0.39, 0.29) is 10.9 Å². The topological polar surface area (TPSA) is 78.7 Å².